The van der Waals surface area contributed by atoms with Crippen molar-refractivity contribution in [1.82, 2.24) is 5.32 Å². The Labute approximate surface area is 115 Å². The number of fused-ring (bicyclic) bond motifs is 1. The summed E-state index contributed by atoms with van der Waals surface area (Å²) in [6.45, 7) is 6.08. The lowest BCUT2D eigenvalue weighted by Gasteiger charge is -2.21. The van der Waals surface area contributed by atoms with Gasteiger partial charge in [0, 0.05) is 19.7 Å². The third kappa shape index (κ3) is 3.79. The summed E-state index contributed by atoms with van der Waals surface area (Å²) in [5.74, 6) is 0.570. The SMILES string of the molecule is COCC(NCc1ccc2ccccc2c1)C(C)C. The van der Waals surface area contributed by atoms with Crippen molar-refractivity contribution in [2.45, 2.75) is 26.4 Å². The second kappa shape index (κ2) is 6.69. The van der Waals surface area contributed by atoms with E-state index in [0.717, 1.165) is 13.2 Å². The molecule has 1 unspecified atom stereocenters. The number of rotatable bonds is 6. The van der Waals surface area contributed by atoms with Crippen LogP contribution in [-0.4, -0.2) is 19.8 Å². The Morgan fingerprint density at radius 3 is 2.47 bits per heavy atom. The summed E-state index contributed by atoms with van der Waals surface area (Å²) < 4.78 is 5.26. The Morgan fingerprint density at radius 2 is 1.79 bits per heavy atom. The molecule has 2 aromatic carbocycles. The first-order chi connectivity index (χ1) is 9.20. The van der Waals surface area contributed by atoms with Crippen molar-refractivity contribution in [2.24, 2.45) is 5.92 Å². The van der Waals surface area contributed by atoms with Gasteiger partial charge in [-0.15, -0.1) is 0 Å². The summed E-state index contributed by atoms with van der Waals surface area (Å²) >= 11 is 0. The van der Waals surface area contributed by atoms with Gasteiger partial charge in [0.15, 0.2) is 0 Å². The first kappa shape index (κ1) is 14.0. The fourth-order valence-corrected chi connectivity index (χ4v) is 2.26. The van der Waals surface area contributed by atoms with Crippen LogP contribution in [0.25, 0.3) is 10.8 Å². The molecule has 0 saturated heterocycles. The normalized spacial score (nSPS) is 13.1. The Balaban J connectivity index is 2.04. The molecule has 1 N–H and O–H groups in total. The van der Waals surface area contributed by atoms with Crippen LogP contribution >= 0.6 is 0 Å². The predicted molar refractivity (Wildman–Crippen MR) is 81.3 cm³/mol. The second-order valence-electron chi connectivity index (χ2n) is 5.37. The van der Waals surface area contributed by atoms with Crippen molar-refractivity contribution in [1.29, 1.82) is 0 Å². The van der Waals surface area contributed by atoms with E-state index in [4.69, 9.17) is 4.74 Å². The monoisotopic (exact) mass is 257 g/mol. The highest BCUT2D eigenvalue weighted by molar-refractivity contribution is 5.82. The highest BCUT2D eigenvalue weighted by atomic mass is 16.5. The zero-order valence-electron chi connectivity index (χ0n) is 12.0. The van der Waals surface area contributed by atoms with Crippen LogP contribution in [0.5, 0.6) is 0 Å². The van der Waals surface area contributed by atoms with Gasteiger partial charge in [-0.2, -0.15) is 0 Å². The zero-order valence-corrected chi connectivity index (χ0v) is 12.0. The topological polar surface area (TPSA) is 21.3 Å². The molecule has 0 heterocycles. The van der Waals surface area contributed by atoms with Gasteiger partial charge >= 0.3 is 0 Å². The van der Waals surface area contributed by atoms with E-state index in [1.165, 1.54) is 16.3 Å². The molecule has 1 atom stereocenters. The second-order valence-corrected chi connectivity index (χ2v) is 5.37. The van der Waals surface area contributed by atoms with E-state index in [1.54, 1.807) is 7.11 Å². The van der Waals surface area contributed by atoms with Crippen molar-refractivity contribution >= 4 is 10.8 Å². The maximum absolute atomic E-state index is 5.26. The molecule has 2 nitrogen and oxygen atoms in total. The van der Waals surface area contributed by atoms with Crippen molar-refractivity contribution < 1.29 is 4.74 Å². The minimum absolute atomic E-state index is 0.400. The van der Waals surface area contributed by atoms with E-state index in [1.807, 2.05) is 0 Å². The number of ether oxygens (including phenoxy) is 1. The van der Waals surface area contributed by atoms with E-state index in [2.05, 4.69) is 61.6 Å². The number of hydrogen-bond acceptors (Lipinski definition) is 2. The minimum Gasteiger partial charge on any atom is -0.383 e. The lowest BCUT2D eigenvalue weighted by molar-refractivity contribution is 0.146. The van der Waals surface area contributed by atoms with Gasteiger partial charge in [-0.25, -0.2) is 0 Å². The molecule has 0 aromatic heterocycles. The van der Waals surface area contributed by atoms with Gasteiger partial charge in [-0.3, -0.25) is 0 Å². The van der Waals surface area contributed by atoms with Crippen LogP contribution in [-0.2, 0) is 11.3 Å². The molecule has 0 aliphatic heterocycles. The fourth-order valence-electron chi connectivity index (χ4n) is 2.26. The van der Waals surface area contributed by atoms with Crippen molar-refractivity contribution in [3.05, 3.63) is 48.0 Å². The standard InChI is InChI=1S/C17H23NO/c1-13(2)17(12-19-3)18-11-14-8-9-15-6-4-5-7-16(15)10-14/h4-10,13,17-18H,11-12H2,1-3H3. The molecule has 0 radical (unpaired) electrons. The summed E-state index contributed by atoms with van der Waals surface area (Å²) in [5, 5.41) is 6.17. The summed E-state index contributed by atoms with van der Waals surface area (Å²) in [6.07, 6.45) is 0. The van der Waals surface area contributed by atoms with E-state index < -0.39 is 0 Å². The summed E-state index contributed by atoms with van der Waals surface area (Å²) in [5.41, 5.74) is 1.32. The summed E-state index contributed by atoms with van der Waals surface area (Å²) in [4.78, 5) is 0. The van der Waals surface area contributed by atoms with Gasteiger partial charge in [-0.05, 0) is 28.3 Å². The van der Waals surface area contributed by atoms with Gasteiger partial charge in [0.1, 0.15) is 0 Å². The van der Waals surface area contributed by atoms with Crippen LogP contribution < -0.4 is 5.32 Å². The Kier molecular flexibility index (Phi) is 4.94. The third-order valence-electron chi connectivity index (χ3n) is 3.53. The van der Waals surface area contributed by atoms with Crippen molar-refractivity contribution in [3.8, 4) is 0 Å². The Hall–Kier alpha value is -1.38. The van der Waals surface area contributed by atoms with E-state index >= 15 is 0 Å². The molecule has 2 rings (SSSR count). The van der Waals surface area contributed by atoms with Crippen molar-refractivity contribution in [3.63, 3.8) is 0 Å². The van der Waals surface area contributed by atoms with E-state index in [9.17, 15) is 0 Å². The molecule has 102 valence electrons. The quantitative estimate of drug-likeness (QED) is 0.853. The maximum atomic E-state index is 5.26. The first-order valence-corrected chi connectivity index (χ1v) is 6.90. The van der Waals surface area contributed by atoms with Crippen LogP contribution in [0.15, 0.2) is 42.5 Å². The Morgan fingerprint density at radius 1 is 1.05 bits per heavy atom. The van der Waals surface area contributed by atoms with Crippen molar-refractivity contribution in [2.75, 3.05) is 13.7 Å². The third-order valence-corrected chi connectivity index (χ3v) is 3.53. The van der Waals surface area contributed by atoms with Crippen LogP contribution in [0.3, 0.4) is 0 Å². The molecular weight excluding hydrogens is 234 g/mol. The van der Waals surface area contributed by atoms with Crippen LogP contribution in [0.4, 0.5) is 0 Å². The molecular formula is C17H23NO. The Bertz CT molecular complexity index is 521. The largest absolute Gasteiger partial charge is 0.383 e. The smallest absolute Gasteiger partial charge is 0.0618 e. The predicted octanol–water partition coefficient (Wildman–Crippen LogP) is 3.60. The van der Waals surface area contributed by atoms with E-state index in [0.29, 0.717) is 12.0 Å². The molecule has 0 amide bonds. The molecule has 0 fully saturated rings. The fraction of sp³-hybridized carbons (Fsp3) is 0.412. The summed E-state index contributed by atoms with van der Waals surface area (Å²) in [6, 6.07) is 15.5. The van der Waals surface area contributed by atoms with Gasteiger partial charge in [-0.1, -0.05) is 50.2 Å². The average molecular weight is 257 g/mol. The van der Waals surface area contributed by atoms with Crippen LogP contribution in [0, 0.1) is 5.92 Å². The average Bonchev–Trinajstić information content (AvgIpc) is 2.43. The zero-order chi connectivity index (χ0) is 13.7. The molecule has 0 bridgehead atoms. The molecule has 2 heteroatoms. The highest BCUT2D eigenvalue weighted by Gasteiger charge is 2.12. The lowest BCUT2D eigenvalue weighted by Crippen LogP contribution is -2.37. The number of hydrogen-bond donors (Lipinski definition) is 1. The number of nitrogens with one attached hydrogen (secondary N) is 1. The van der Waals surface area contributed by atoms with Gasteiger partial charge in [0.25, 0.3) is 0 Å². The molecule has 0 spiro atoms. The summed E-state index contributed by atoms with van der Waals surface area (Å²) in [7, 11) is 1.76. The van der Waals surface area contributed by atoms with Gasteiger partial charge in [0.05, 0.1) is 6.61 Å². The van der Waals surface area contributed by atoms with Gasteiger partial charge < -0.3 is 10.1 Å². The van der Waals surface area contributed by atoms with Crippen LogP contribution in [0.2, 0.25) is 0 Å². The number of benzene rings is 2. The molecule has 0 aliphatic rings. The molecule has 2 aromatic rings. The highest BCUT2D eigenvalue weighted by Crippen LogP contribution is 2.16. The van der Waals surface area contributed by atoms with Crippen LogP contribution in [0.1, 0.15) is 19.4 Å². The number of methoxy groups -OCH3 is 1. The minimum atomic E-state index is 0.400. The van der Waals surface area contributed by atoms with Gasteiger partial charge in [0.2, 0.25) is 0 Å². The maximum Gasteiger partial charge on any atom is 0.0618 e. The lowest BCUT2D eigenvalue weighted by atomic mass is 10.0. The molecule has 0 aliphatic carbocycles. The molecule has 0 saturated carbocycles. The first-order valence-electron chi connectivity index (χ1n) is 6.90. The molecule has 19 heavy (non-hydrogen) atoms. The van der Waals surface area contributed by atoms with E-state index in [-0.39, 0.29) is 0 Å².